The third-order valence-electron chi connectivity index (χ3n) is 3.81. The molecule has 2 heterocycles. The van der Waals surface area contributed by atoms with Crippen LogP contribution in [0, 0.1) is 0 Å². The lowest BCUT2D eigenvalue weighted by Gasteiger charge is -2.02. The molecule has 0 aliphatic rings. The Labute approximate surface area is 121 Å². The number of aliphatic hydroxyl groups excluding tert-OH is 1. The van der Waals surface area contributed by atoms with Crippen LogP contribution in [0.5, 0.6) is 0 Å². The molecule has 3 nitrogen and oxygen atoms in total. The molecule has 0 fully saturated rings. The van der Waals surface area contributed by atoms with E-state index in [0.29, 0.717) is 0 Å². The van der Waals surface area contributed by atoms with Crippen LogP contribution in [-0.2, 0) is 6.61 Å². The van der Waals surface area contributed by atoms with Crippen LogP contribution in [0.1, 0.15) is 5.56 Å². The molecule has 0 spiro atoms. The van der Waals surface area contributed by atoms with Gasteiger partial charge in [-0.1, -0.05) is 36.4 Å². The van der Waals surface area contributed by atoms with Gasteiger partial charge in [-0.05, 0) is 23.8 Å². The summed E-state index contributed by atoms with van der Waals surface area (Å²) in [4.78, 5) is 7.99. The van der Waals surface area contributed by atoms with Crippen molar-refractivity contribution in [2.24, 2.45) is 0 Å². The largest absolute Gasteiger partial charge is 0.392 e. The van der Waals surface area contributed by atoms with Gasteiger partial charge in [0.25, 0.3) is 0 Å². The topological polar surface area (TPSA) is 48.9 Å². The van der Waals surface area contributed by atoms with Crippen molar-refractivity contribution in [3.63, 3.8) is 0 Å². The van der Waals surface area contributed by atoms with Gasteiger partial charge in [-0.2, -0.15) is 0 Å². The lowest BCUT2D eigenvalue weighted by atomic mass is 10.1. The van der Waals surface area contributed by atoms with E-state index in [1.165, 1.54) is 0 Å². The number of pyridine rings is 1. The maximum absolute atomic E-state index is 9.32. The van der Waals surface area contributed by atoms with E-state index < -0.39 is 0 Å². The van der Waals surface area contributed by atoms with Crippen LogP contribution in [0.25, 0.3) is 33.1 Å². The number of benzene rings is 2. The summed E-state index contributed by atoms with van der Waals surface area (Å²) in [5.41, 5.74) is 5.06. The Hall–Kier alpha value is -2.65. The smallest absolute Gasteiger partial charge is 0.0943 e. The van der Waals surface area contributed by atoms with Gasteiger partial charge in [-0.15, -0.1) is 0 Å². The van der Waals surface area contributed by atoms with E-state index in [2.05, 4.69) is 22.1 Å². The molecule has 102 valence electrons. The first kappa shape index (κ1) is 12.1. The van der Waals surface area contributed by atoms with Gasteiger partial charge in [0, 0.05) is 28.0 Å². The SMILES string of the molecule is OCc1ccc2[nH]c3c(-c4ccccc4)nccc3c2c1. The maximum atomic E-state index is 9.32. The minimum atomic E-state index is 0.0548. The lowest BCUT2D eigenvalue weighted by molar-refractivity contribution is 0.282. The number of aliphatic hydroxyl groups is 1. The van der Waals surface area contributed by atoms with Crippen molar-refractivity contribution < 1.29 is 5.11 Å². The van der Waals surface area contributed by atoms with Crippen LogP contribution in [-0.4, -0.2) is 15.1 Å². The number of rotatable bonds is 2. The third kappa shape index (κ3) is 1.90. The van der Waals surface area contributed by atoms with Gasteiger partial charge >= 0.3 is 0 Å². The first-order valence-corrected chi connectivity index (χ1v) is 6.92. The summed E-state index contributed by atoms with van der Waals surface area (Å²) in [6.07, 6.45) is 1.84. The summed E-state index contributed by atoms with van der Waals surface area (Å²) in [5, 5.41) is 11.6. The molecular formula is C18H14N2O. The number of fused-ring (bicyclic) bond motifs is 3. The minimum absolute atomic E-state index is 0.0548. The third-order valence-corrected chi connectivity index (χ3v) is 3.81. The van der Waals surface area contributed by atoms with Crippen LogP contribution >= 0.6 is 0 Å². The predicted octanol–water partition coefficient (Wildman–Crippen LogP) is 3.88. The molecule has 0 saturated heterocycles. The average Bonchev–Trinajstić information content (AvgIpc) is 2.93. The van der Waals surface area contributed by atoms with Crippen LogP contribution in [0.3, 0.4) is 0 Å². The molecule has 0 saturated carbocycles. The fourth-order valence-electron chi connectivity index (χ4n) is 2.78. The number of nitrogens with one attached hydrogen (secondary N) is 1. The highest BCUT2D eigenvalue weighted by Crippen LogP contribution is 2.31. The van der Waals surface area contributed by atoms with E-state index >= 15 is 0 Å². The standard InChI is InChI=1S/C18H14N2O/c21-11-12-6-7-16-15(10-12)14-8-9-19-17(18(14)20-16)13-4-2-1-3-5-13/h1-10,20-21H,11H2. The molecule has 0 radical (unpaired) electrons. The summed E-state index contributed by atoms with van der Waals surface area (Å²) in [5.74, 6) is 0. The van der Waals surface area contributed by atoms with Gasteiger partial charge in [0.15, 0.2) is 0 Å². The van der Waals surface area contributed by atoms with Crippen molar-refractivity contribution in [2.45, 2.75) is 6.61 Å². The van der Waals surface area contributed by atoms with Gasteiger partial charge in [-0.3, -0.25) is 4.98 Å². The molecule has 21 heavy (non-hydrogen) atoms. The van der Waals surface area contributed by atoms with E-state index in [0.717, 1.165) is 38.6 Å². The first-order chi connectivity index (χ1) is 10.4. The van der Waals surface area contributed by atoms with Gasteiger partial charge in [0.2, 0.25) is 0 Å². The minimum Gasteiger partial charge on any atom is -0.392 e. The maximum Gasteiger partial charge on any atom is 0.0943 e. The van der Waals surface area contributed by atoms with Gasteiger partial charge in [0.1, 0.15) is 0 Å². The highest BCUT2D eigenvalue weighted by molar-refractivity contribution is 6.11. The van der Waals surface area contributed by atoms with Gasteiger partial charge in [0.05, 0.1) is 17.8 Å². The summed E-state index contributed by atoms with van der Waals surface area (Å²) < 4.78 is 0. The van der Waals surface area contributed by atoms with Crippen molar-refractivity contribution in [3.05, 3.63) is 66.4 Å². The van der Waals surface area contributed by atoms with E-state index in [1.807, 2.05) is 48.7 Å². The molecule has 2 aromatic carbocycles. The van der Waals surface area contributed by atoms with Gasteiger partial charge in [-0.25, -0.2) is 0 Å². The zero-order chi connectivity index (χ0) is 14.2. The molecular weight excluding hydrogens is 260 g/mol. The van der Waals surface area contributed by atoms with Crippen molar-refractivity contribution >= 4 is 21.8 Å². The molecule has 0 aliphatic carbocycles. The molecule has 0 aliphatic heterocycles. The van der Waals surface area contributed by atoms with Gasteiger partial charge < -0.3 is 10.1 Å². The molecule has 2 aromatic heterocycles. The molecule has 0 atom stereocenters. The average molecular weight is 274 g/mol. The summed E-state index contributed by atoms with van der Waals surface area (Å²) in [7, 11) is 0. The number of hydrogen-bond donors (Lipinski definition) is 2. The van der Waals surface area contributed by atoms with E-state index in [4.69, 9.17) is 0 Å². The molecule has 4 rings (SSSR count). The van der Waals surface area contributed by atoms with Crippen molar-refractivity contribution in [1.29, 1.82) is 0 Å². The Morgan fingerprint density at radius 1 is 0.952 bits per heavy atom. The van der Waals surface area contributed by atoms with E-state index in [9.17, 15) is 5.11 Å². The van der Waals surface area contributed by atoms with Crippen molar-refractivity contribution in [1.82, 2.24) is 9.97 Å². The Morgan fingerprint density at radius 2 is 1.81 bits per heavy atom. The Kier molecular flexibility index (Phi) is 2.72. The number of H-pyrrole nitrogens is 1. The zero-order valence-corrected chi connectivity index (χ0v) is 11.4. The molecule has 4 aromatic rings. The van der Waals surface area contributed by atoms with E-state index in [-0.39, 0.29) is 6.61 Å². The zero-order valence-electron chi connectivity index (χ0n) is 11.4. The van der Waals surface area contributed by atoms with Crippen LogP contribution < -0.4 is 0 Å². The van der Waals surface area contributed by atoms with Crippen molar-refractivity contribution in [3.8, 4) is 11.3 Å². The second-order valence-corrected chi connectivity index (χ2v) is 5.11. The van der Waals surface area contributed by atoms with Crippen LogP contribution in [0.4, 0.5) is 0 Å². The van der Waals surface area contributed by atoms with E-state index in [1.54, 1.807) is 0 Å². The Morgan fingerprint density at radius 3 is 2.62 bits per heavy atom. The normalized spacial score (nSPS) is 11.3. The molecule has 3 heteroatoms. The summed E-state index contributed by atoms with van der Waals surface area (Å²) >= 11 is 0. The Bertz CT molecular complexity index is 926. The molecule has 2 N–H and O–H groups in total. The number of aromatic nitrogens is 2. The molecule has 0 unspecified atom stereocenters. The highest BCUT2D eigenvalue weighted by Gasteiger charge is 2.10. The summed E-state index contributed by atoms with van der Waals surface area (Å²) in [6, 6.07) is 18.2. The number of nitrogens with zero attached hydrogens (tertiary/aromatic N) is 1. The van der Waals surface area contributed by atoms with Crippen LogP contribution in [0.2, 0.25) is 0 Å². The quantitative estimate of drug-likeness (QED) is 0.583. The number of aromatic amines is 1. The lowest BCUT2D eigenvalue weighted by Crippen LogP contribution is -1.84. The molecule has 0 amide bonds. The summed E-state index contributed by atoms with van der Waals surface area (Å²) in [6.45, 7) is 0.0548. The first-order valence-electron chi connectivity index (χ1n) is 6.92. The fraction of sp³-hybridized carbons (Fsp3) is 0.0556. The second-order valence-electron chi connectivity index (χ2n) is 5.11. The fourth-order valence-corrected chi connectivity index (χ4v) is 2.78. The Balaban J connectivity index is 2.06. The van der Waals surface area contributed by atoms with Crippen molar-refractivity contribution in [2.75, 3.05) is 0 Å². The molecule has 0 bridgehead atoms. The number of hydrogen-bond acceptors (Lipinski definition) is 2. The monoisotopic (exact) mass is 274 g/mol. The second kappa shape index (κ2) is 4.72. The van der Waals surface area contributed by atoms with Crippen LogP contribution in [0.15, 0.2) is 60.8 Å². The highest BCUT2D eigenvalue weighted by atomic mass is 16.3. The predicted molar refractivity (Wildman–Crippen MR) is 85.0 cm³/mol.